The Kier molecular flexibility index (Phi) is 6.58. The van der Waals surface area contributed by atoms with Crippen LogP contribution in [-0.2, 0) is 11.2 Å². The fraction of sp³-hybridized carbons (Fsp3) is 0.467. The van der Waals surface area contributed by atoms with Crippen molar-refractivity contribution in [2.75, 3.05) is 19.3 Å². The van der Waals surface area contributed by atoms with Gasteiger partial charge in [0.1, 0.15) is 0 Å². The predicted molar refractivity (Wildman–Crippen MR) is 82.3 cm³/mol. The van der Waals surface area contributed by atoms with Gasteiger partial charge in [-0.3, -0.25) is 4.79 Å². The average molecular weight is 295 g/mol. The van der Waals surface area contributed by atoms with Gasteiger partial charge in [-0.05, 0) is 23.3 Å². The Morgan fingerprint density at radius 1 is 1.30 bits per heavy atom. The van der Waals surface area contributed by atoms with E-state index in [4.69, 9.17) is 5.11 Å². The van der Waals surface area contributed by atoms with E-state index < -0.39 is 5.97 Å². The van der Waals surface area contributed by atoms with E-state index in [0.29, 0.717) is 29.5 Å². The summed E-state index contributed by atoms with van der Waals surface area (Å²) in [5.41, 5.74) is 1.07. The molecular formula is C15H21NO3S. The minimum Gasteiger partial charge on any atom is -0.478 e. The Morgan fingerprint density at radius 3 is 2.55 bits per heavy atom. The van der Waals surface area contributed by atoms with Gasteiger partial charge in [-0.25, -0.2) is 4.79 Å². The van der Waals surface area contributed by atoms with Gasteiger partial charge >= 0.3 is 5.97 Å². The summed E-state index contributed by atoms with van der Waals surface area (Å²) in [4.78, 5) is 24.6. The van der Waals surface area contributed by atoms with Gasteiger partial charge < -0.3 is 10.0 Å². The van der Waals surface area contributed by atoms with E-state index in [1.807, 2.05) is 6.07 Å². The van der Waals surface area contributed by atoms with Gasteiger partial charge in [-0.2, -0.15) is 0 Å². The predicted octanol–water partition coefficient (Wildman–Crippen LogP) is 2.53. The van der Waals surface area contributed by atoms with Gasteiger partial charge in [0.05, 0.1) is 11.3 Å². The molecule has 0 aromatic heterocycles. The van der Waals surface area contributed by atoms with E-state index in [1.165, 1.54) is 0 Å². The van der Waals surface area contributed by atoms with Crippen LogP contribution in [0.25, 0.3) is 0 Å². The molecule has 0 saturated heterocycles. The van der Waals surface area contributed by atoms with Crippen LogP contribution < -0.4 is 0 Å². The molecule has 5 heteroatoms. The molecule has 0 aliphatic heterocycles. The first-order valence-corrected chi connectivity index (χ1v) is 7.63. The molecule has 0 radical (unpaired) electrons. The number of carboxylic acid groups (broad SMARTS) is 1. The first-order valence-electron chi connectivity index (χ1n) is 6.58. The monoisotopic (exact) mass is 295 g/mol. The van der Waals surface area contributed by atoms with E-state index in [1.54, 1.807) is 41.9 Å². The summed E-state index contributed by atoms with van der Waals surface area (Å²) in [5, 5.41) is 9.53. The number of carbonyl (C=O) groups excluding carboxylic acids is 1. The second-order valence-electron chi connectivity index (χ2n) is 4.89. The number of carbonyl (C=O) groups is 2. The van der Waals surface area contributed by atoms with Crippen molar-refractivity contribution in [3.63, 3.8) is 0 Å². The minimum absolute atomic E-state index is 0.0801. The molecule has 0 unspecified atom stereocenters. The van der Waals surface area contributed by atoms with Crippen LogP contribution in [-0.4, -0.2) is 46.5 Å². The molecule has 0 fully saturated rings. The molecule has 0 atom stereocenters. The normalized spacial score (nSPS) is 10.6. The third-order valence-electron chi connectivity index (χ3n) is 2.93. The molecule has 1 aromatic rings. The highest BCUT2D eigenvalue weighted by Crippen LogP contribution is 2.12. The molecule has 0 aliphatic rings. The van der Waals surface area contributed by atoms with Crippen molar-refractivity contribution in [2.45, 2.75) is 25.5 Å². The molecule has 0 aliphatic carbocycles. The van der Waals surface area contributed by atoms with Crippen molar-refractivity contribution >= 4 is 23.6 Å². The second kappa shape index (κ2) is 7.94. The smallest absolute Gasteiger partial charge is 0.335 e. The number of benzene rings is 1. The number of aromatic carboxylic acids is 1. The largest absolute Gasteiger partial charge is 0.478 e. The zero-order chi connectivity index (χ0) is 15.1. The van der Waals surface area contributed by atoms with E-state index in [2.05, 4.69) is 13.8 Å². The van der Waals surface area contributed by atoms with Crippen LogP contribution in [0.1, 0.15) is 29.8 Å². The Hall–Kier alpha value is -1.49. The second-order valence-corrected chi connectivity index (χ2v) is 6.45. The van der Waals surface area contributed by atoms with Crippen LogP contribution >= 0.6 is 11.8 Å². The molecule has 4 nitrogen and oxygen atoms in total. The van der Waals surface area contributed by atoms with Crippen molar-refractivity contribution in [1.82, 2.24) is 4.90 Å². The summed E-state index contributed by atoms with van der Waals surface area (Å²) in [6, 6.07) is 6.91. The lowest BCUT2D eigenvalue weighted by Gasteiger charge is -2.18. The number of hydrogen-bond acceptors (Lipinski definition) is 3. The van der Waals surface area contributed by atoms with Gasteiger partial charge in [-0.1, -0.05) is 32.0 Å². The SMILES string of the molecule is CC(C)SCC(=O)N(C)CCc1ccccc1C(=O)O. The summed E-state index contributed by atoms with van der Waals surface area (Å²) < 4.78 is 0. The highest BCUT2D eigenvalue weighted by Gasteiger charge is 2.12. The Morgan fingerprint density at radius 2 is 1.95 bits per heavy atom. The Balaban J connectivity index is 2.54. The lowest BCUT2D eigenvalue weighted by atomic mass is 10.0. The number of carboxylic acids is 1. The van der Waals surface area contributed by atoms with E-state index >= 15 is 0 Å². The van der Waals surface area contributed by atoms with Gasteiger partial charge in [0.25, 0.3) is 0 Å². The van der Waals surface area contributed by atoms with E-state index in [-0.39, 0.29) is 5.91 Å². The van der Waals surface area contributed by atoms with Crippen LogP contribution in [0.15, 0.2) is 24.3 Å². The summed E-state index contributed by atoms with van der Waals surface area (Å²) >= 11 is 1.61. The third kappa shape index (κ3) is 5.25. The fourth-order valence-electron chi connectivity index (χ4n) is 1.71. The zero-order valence-corrected chi connectivity index (χ0v) is 12.9. The molecule has 1 amide bonds. The fourth-order valence-corrected chi connectivity index (χ4v) is 2.40. The first kappa shape index (κ1) is 16.6. The Labute approximate surface area is 124 Å². The molecule has 0 spiro atoms. The van der Waals surface area contributed by atoms with Crippen molar-refractivity contribution in [3.8, 4) is 0 Å². The summed E-state index contributed by atoms with van der Waals surface area (Å²) in [6.45, 7) is 4.64. The number of thioether (sulfide) groups is 1. The van der Waals surface area contributed by atoms with Crippen LogP contribution in [0.3, 0.4) is 0 Å². The molecule has 20 heavy (non-hydrogen) atoms. The van der Waals surface area contributed by atoms with Crippen LogP contribution in [0.4, 0.5) is 0 Å². The standard InChI is InChI=1S/C15H21NO3S/c1-11(2)20-10-14(17)16(3)9-8-12-6-4-5-7-13(12)15(18)19/h4-7,11H,8-10H2,1-3H3,(H,18,19). The number of amides is 1. The minimum atomic E-state index is -0.926. The van der Waals surface area contributed by atoms with E-state index in [0.717, 1.165) is 5.56 Å². The van der Waals surface area contributed by atoms with Gasteiger partial charge in [-0.15, -0.1) is 11.8 Å². The van der Waals surface area contributed by atoms with E-state index in [9.17, 15) is 9.59 Å². The van der Waals surface area contributed by atoms with Crippen molar-refractivity contribution in [2.24, 2.45) is 0 Å². The molecule has 0 saturated carbocycles. The Bertz CT molecular complexity index is 474. The summed E-state index contributed by atoms with van der Waals surface area (Å²) in [5.74, 6) is -0.379. The number of hydrogen-bond donors (Lipinski definition) is 1. The maximum atomic E-state index is 11.9. The maximum absolute atomic E-state index is 11.9. The van der Waals surface area contributed by atoms with Crippen LogP contribution in [0.2, 0.25) is 0 Å². The van der Waals surface area contributed by atoms with Gasteiger partial charge in [0, 0.05) is 13.6 Å². The molecule has 110 valence electrons. The van der Waals surface area contributed by atoms with Crippen molar-refractivity contribution in [1.29, 1.82) is 0 Å². The van der Waals surface area contributed by atoms with Crippen LogP contribution in [0, 0.1) is 0 Å². The zero-order valence-electron chi connectivity index (χ0n) is 12.1. The highest BCUT2D eigenvalue weighted by molar-refractivity contribution is 8.00. The van der Waals surface area contributed by atoms with Gasteiger partial charge in [0.15, 0.2) is 0 Å². The lowest BCUT2D eigenvalue weighted by molar-refractivity contribution is -0.127. The first-order chi connectivity index (χ1) is 9.41. The molecule has 1 aromatic carbocycles. The molecular weight excluding hydrogens is 274 g/mol. The lowest BCUT2D eigenvalue weighted by Crippen LogP contribution is -2.31. The van der Waals surface area contributed by atoms with Crippen molar-refractivity contribution in [3.05, 3.63) is 35.4 Å². The number of nitrogens with zero attached hydrogens (tertiary/aromatic N) is 1. The molecule has 1 N–H and O–H groups in total. The third-order valence-corrected chi connectivity index (χ3v) is 4.01. The molecule has 1 rings (SSSR count). The van der Waals surface area contributed by atoms with Crippen molar-refractivity contribution < 1.29 is 14.7 Å². The summed E-state index contributed by atoms with van der Waals surface area (Å²) in [7, 11) is 1.76. The molecule has 0 bridgehead atoms. The summed E-state index contributed by atoms with van der Waals surface area (Å²) in [6.07, 6.45) is 0.553. The number of rotatable bonds is 7. The average Bonchev–Trinajstić information content (AvgIpc) is 2.42. The number of likely N-dealkylation sites (N-methyl/N-ethyl adjacent to an activating group) is 1. The molecule has 0 heterocycles. The van der Waals surface area contributed by atoms with Crippen LogP contribution in [0.5, 0.6) is 0 Å². The topological polar surface area (TPSA) is 57.6 Å². The van der Waals surface area contributed by atoms with Gasteiger partial charge in [0.2, 0.25) is 5.91 Å². The maximum Gasteiger partial charge on any atom is 0.335 e. The quantitative estimate of drug-likeness (QED) is 0.840. The highest BCUT2D eigenvalue weighted by atomic mass is 32.2.